The molecule has 5 aromatic heterocycles. The molecule has 0 aliphatic heterocycles. The first kappa shape index (κ1) is 33.0. The maximum atomic E-state index is 11.6. The van der Waals surface area contributed by atoms with Crippen LogP contribution in [-0.2, 0) is 26.9 Å². The quantitative estimate of drug-likeness (QED) is 0.121. The number of nitrogen functional groups attached to an aromatic ring is 2. The van der Waals surface area contributed by atoms with Crippen molar-refractivity contribution in [3.05, 3.63) is 47.2 Å². The lowest BCUT2D eigenvalue weighted by atomic mass is 10.2. The van der Waals surface area contributed by atoms with Gasteiger partial charge in [0, 0.05) is 26.4 Å². The maximum Gasteiger partial charge on any atom is 0.341 e. The van der Waals surface area contributed by atoms with Crippen LogP contribution < -0.4 is 11.5 Å². The molecule has 0 aliphatic rings. The summed E-state index contributed by atoms with van der Waals surface area (Å²) in [5.41, 5.74) is 14.4. The van der Waals surface area contributed by atoms with Crippen molar-refractivity contribution in [2.45, 2.75) is 52.4 Å². The molecular weight excluding hydrogens is 624 g/mol. The Kier molecular flexibility index (Phi) is 9.62. The maximum absolute atomic E-state index is 11.6. The van der Waals surface area contributed by atoms with Crippen LogP contribution in [0.5, 0.6) is 0 Å². The molecule has 5 aromatic rings. The highest BCUT2D eigenvalue weighted by molar-refractivity contribution is 5.92. The Balaban J connectivity index is 1.55. The molecule has 0 aromatic carbocycles. The Morgan fingerprint density at radius 1 is 0.771 bits per heavy atom. The fourth-order valence-electron chi connectivity index (χ4n) is 4.67. The Morgan fingerprint density at radius 2 is 1.25 bits per heavy atom. The van der Waals surface area contributed by atoms with Crippen LogP contribution in [0, 0.1) is 0 Å². The summed E-state index contributed by atoms with van der Waals surface area (Å²) in [6, 6.07) is 1.59. The summed E-state index contributed by atoms with van der Waals surface area (Å²) in [5, 5.41) is 53.1. The van der Waals surface area contributed by atoms with Crippen molar-refractivity contribution in [1.29, 1.82) is 0 Å². The summed E-state index contributed by atoms with van der Waals surface area (Å²) in [4.78, 5) is 32.3. The summed E-state index contributed by atoms with van der Waals surface area (Å²) in [7, 11) is 3.11. The predicted octanol–water partition coefficient (Wildman–Crippen LogP) is 4.39. The normalized spacial score (nSPS) is 11.8. The van der Waals surface area contributed by atoms with Crippen LogP contribution >= 0.6 is 0 Å². The fraction of sp³-hybridized carbons (Fsp3) is 0.357. The lowest BCUT2D eigenvalue weighted by Crippen LogP contribution is -2.11. The van der Waals surface area contributed by atoms with Gasteiger partial charge in [0.1, 0.15) is 11.1 Å². The Labute approximate surface area is 272 Å². The van der Waals surface area contributed by atoms with Gasteiger partial charge in [-0.1, -0.05) is 26.7 Å². The van der Waals surface area contributed by atoms with Gasteiger partial charge >= 0.3 is 11.9 Å². The number of nitrogens with two attached hydrogens (primary N) is 2. The molecule has 0 aliphatic carbocycles. The average Bonchev–Trinajstić information content (AvgIpc) is 3.80. The zero-order chi connectivity index (χ0) is 34.5. The van der Waals surface area contributed by atoms with E-state index in [1.807, 2.05) is 13.8 Å². The number of aromatic nitrogens is 10. The van der Waals surface area contributed by atoms with Gasteiger partial charge in [0.05, 0.1) is 23.8 Å². The zero-order valence-corrected chi connectivity index (χ0v) is 26.7. The first-order valence-corrected chi connectivity index (χ1v) is 15.0. The van der Waals surface area contributed by atoms with Gasteiger partial charge in [-0.25, -0.2) is 23.9 Å². The monoisotopic (exact) mass is 658 g/mol. The Morgan fingerprint density at radius 3 is 1.73 bits per heavy atom. The van der Waals surface area contributed by atoms with E-state index >= 15 is 0 Å². The zero-order valence-electron chi connectivity index (χ0n) is 26.7. The summed E-state index contributed by atoms with van der Waals surface area (Å²) >= 11 is 0. The van der Waals surface area contributed by atoms with E-state index in [4.69, 9.17) is 11.5 Å². The molecule has 0 saturated heterocycles. The van der Waals surface area contributed by atoms with Gasteiger partial charge < -0.3 is 21.7 Å². The molecule has 48 heavy (non-hydrogen) atoms. The van der Waals surface area contributed by atoms with Crippen molar-refractivity contribution in [2.75, 3.05) is 11.5 Å². The molecule has 6 N–H and O–H groups in total. The van der Waals surface area contributed by atoms with E-state index in [0.717, 1.165) is 25.7 Å². The molecule has 20 heteroatoms. The molecule has 5 rings (SSSR count). The average molecular weight is 659 g/mol. The van der Waals surface area contributed by atoms with Gasteiger partial charge in [-0.15, -0.1) is 20.5 Å². The number of anilines is 2. The number of carbonyl (C=O) groups is 2. The largest absolute Gasteiger partial charge is 0.477 e. The Hall–Kier alpha value is -6.34. The summed E-state index contributed by atoms with van der Waals surface area (Å²) in [6.07, 6.45) is 8.23. The van der Waals surface area contributed by atoms with Gasteiger partial charge in [0.2, 0.25) is 0 Å². The van der Waals surface area contributed by atoms with E-state index in [-0.39, 0.29) is 57.5 Å². The third-order valence-electron chi connectivity index (χ3n) is 7.26. The molecule has 0 unspecified atom stereocenters. The third kappa shape index (κ3) is 6.48. The molecule has 0 bridgehead atoms. The van der Waals surface area contributed by atoms with E-state index in [1.165, 1.54) is 37.3 Å². The van der Waals surface area contributed by atoms with Crippen molar-refractivity contribution in [3.63, 3.8) is 0 Å². The van der Waals surface area contributed by atoms with Crippen LogP contribution in [0.3, 0.4) is 0 Å². The molecule has 5 heterocycles. The highest BCUT2D eigenvalue weighted by atomic mass is 16.4. The smallest absolute Gasteiger partial charge is 0.341 e. The minimum atomic E-state index is -1.19. The number of aryl methyl sites for hydroxylation is 4. The van der Waals surface area contributed by atoms with E-state index in [9.17, 15) is 19.8 Å². The van der Waals surface area contributed by atoms with Crippen molar-refractivity contribution in [1.82, 2.24) is 49.1 Å². The molecule has 0 fully saturated rings. The summed E-state index contributed by atoms with van der Waals surface area (Å²) < 4.78 is 5.30. The highest BCUT2D eigenvalue weighted by Gasteiger charge is 2.23. The van der Waals surface area contributed by atoms with Gasteiger partial charge in [0.25, 0.3) is 5.95 Å². The molecular formula is C28H34N16O4. The van der Waals surface area contributed by atoms with E-state index < -0.39 is 11.9 Å². The number of hydrogen-bond acceptors (Lipinski definition) is 14. The van der Waals surface area contributed by atoms with Crippen molar-refractivity contribution < 1.29 is 19.8 Å². The van der Waals surface area contributed by atoms with Crippen LogP contribution in [0.25, 0.3) is 11.8 Å². The summed E-state index contributed by atoms with van der Waals surface area (Å²) in [6.45, 7) is 4.06. The number of hydrogen-bond donors (Lipinski definition) is 4. The lowest BCUT2D eigenvalue weighted by Gasteiger charge is -2.06. The number of nitrogens with zero attached hydrogens (tertiary/aromatic N) is 14. The van der Waals surface area contributed by atoms with Crippen LogP contribution in [0.1, 0.15) is 71.6 Å². The summed E-state index contributed by atoms with van der Waals surface area (Å²) in [5.74, 6) is -1.74. The van der Waals surface area contributed by atoms with Gasteiger partial charge in [-0.2, -0.15) is 34.7 Å². The van der Waals surface area contributed by atoms with Gasteiger partial charge in [0.15, 0.2) is 40.5 Å². The molecule has 20 nitrogen and oxygen atoms in total. The molecule has 0 saturated carbocycles. The molecule has 0 amide bonds. The van der Waals surface area contributed by atoms with E-state index in [0.29, 0.717) is 24.2 Å². The van der Waals surface area contributed by atoms with Crippen molar-refractivity contribution >= 4 is 46.6 Å². The van der Waals surface area contributed by atoms with Crippen molar-refractivity contribution in [2.24, 2.45) is 34.6 Å². The number of carboxylic acids is 2. The number of aromatic carboxylic acids is 2. The van der Waals surface area contributed by atoms with Crippen LogP contribution in [0.2, 0.25) is 0 Å². The predicted molar refractivity (Wildman–Crippen MR) is 171 cm³/mol. The Bertz CT molecular complexity index is 1890. The van der Waals surface area contributed by atoms with Crippen molar-refractivity contribution in [3.8, 4) is 11.8 Å². The third-order valence-corrected chi connectivity index (χ3v) is 7.26. The van der Waals surface area contributed by atoms with E-state index in [2.05, 4.69) is 50.8 Å². The lowest BCUT2D eigenvalue weighted by molar-refractivity contribution is 0.0686. The van der Waals surface area contributed by atoms with Crippen LogP contribution in [0.4, 0.5) is 34.6 Å². The number of unbranched alkanes of at least 4 members (excludes halogenated alkanes) is 2. The highest BCUT2D eigenvalue weighted by Crippen LogP contribution is 2.34. The molecule has 250 valence electrons. The second-order valence-corrected chi connectivity index (χ2v) is 10.6. The minimum Gasteiger partial charge on any atom is -0.477 e. The first-order valence-electron chi connectivity index (χ1n) is 15.0. The molecule has 0 radical (unpaired) electrons. The first-order chi connectivity index (χ1) is 23.0. The fourth-order valence-corrected chi connectivity index (χ4v) is 4.67. The van der Waals surface area contributed by atoms with Crippen LogP contribution in [-0.4, -0.2) is 71.2 Å². The number of carboxylic acid groups (broad SMARTS) is 2. The van der Waals surface area contributed by atoms with Crippen LogP contribution in [0.15, 0.2) is 45.1 Å². The number of azo groups is 2. The standard InChI is InChI=1S/C28H34N16O4/c1-5-7-9-17-20(35-37-24-15(26(45)46)13-32-41(24)3)22(29)43(39-17)19-11-12-31-28(34-19)44-23(30)21(18(40-44)10-8-6-2)36-38-25-16(27(47)48)14-33-42(25)4/h11-14H,5-10,29-30H2,1-4H3,(H,45,46)(H,47,48)/b37-35+,38-36+. The molecule has 0 spiro atoms. The number of rotatable bonds is 14. The SMILES string of the molecule is CCCCc1nn(-c2ccnc(-n3nc(CCCC)c(/N=N/c4c(C(=O)O)cnn4C)c3N)n2)c(N)c1/N=N/c1c(C(=O)O)cnn1C. The van der Waals surface area contributed by atoms with Gasteiger partial charge in [-0.05, 0) is 25.7 Å². The van der Waals surface area contributed by atoms with E-state index in [1.54, 1.807) is 20.2 Å². The second kappa shape index (κ2) is 14.0. The van der Waals surface area contributed by atoms with Gasteiger partial charge in [-0.3, -0.25) is 0 Å². The second-order valence-electron chi connectivity index (χ2n) is 10.6. The molecule has 0 atom stereocenters. The minimum absolute atomic E-state index is 0.0397. The topological polar surface area (TPSA) is 273 Å².